The molecule has 2 amide bonds. The van der Waals surface area contributed by atoms with Gasteiger partial charge in [0.2, 0.25) is 15.9 Å². The molecule has 0 bridgehead atoms. The number of hydrogen-bond donors (Lipinski definition) is 0. The number of amides is 2. The second-order valence-electron chi connectivity index (χ2n) is 8.22. The average Bonchev–Trinajstić information content (AvgIpc) is 3.13. The fraction of sp³-hybridized carbons (Fsp3) is 0.231. The van der Waals surface area contributed by atoms with Gasteiger partial charge in [0.1, 0.15) is 11.8 Å². The molecule has 1 heterocycles. The first kappa shape index (κ1) is 23.7. The third-order valence-corrected chi connectivity index (χ3v) is 8.01. The van der Waals surface area contributed by atoms with Gasteiger partial charge >= 0.3 is 0 Å². The molecule has 4 rings (SSSR count). The summed E-state index contributed by atoms with van der Waals surface area (Å²) < 4.78 is 34.0. The Morgan fingerprint density at radius 1 is 0.941 bits per heavy atom. The second kappa shape index (κ2) is 9.40. The predicted molar refractivity (Wildman–Crippen MR) is 129 cm³/mol. The van der Waals surface area contributed by atoms with Gasteiger partial charge in [0.25, 0.3) is 5.91 Å². The molecule has 0 aromatic heterocycles. The summed E-state index contributed by atoms with van der Waals surface area (Å²) in [6, 6.07) is 20.2. The molecule has 1 fully saturated rings. The summed E-state index contributed by atoms with van der Waals surface area (Å²) in [5.41, 5.74) is 2.01. The SMILES string of the molecule is COc1ccc(N2C(=O)CC(N(C(C)c3ccccc3)S(=O)(=O)c3ccc(C)cc3)C2=O)cc1. The zero-order valence-electron chi connectivity index (χ0n) is 19.2. The van der Waals surface area contributed by atoms with Crippen LogP contribution in [0.25, 0.3) is 0 Å². The normalized spacial score (nSPS) is 17.3. The first-order chi connectivity index (χ1) is 16.2. The number of sulfonamides is 1. The topological polar surface area (TPSA) is 84.0 Å². The van der Waals surface area contributed by atoms with E-state index in [9.17, 15) is 18.0 Å². The smallest absolute Gasteiger partial charge is 0.252 e. The van der Waals surface area contributed by atoms with Gasteiger partial charge < -0.3 is 4.74 Å². The maximum Gasteiger partial charge on any atom is 0.252 e. The Labute approximate surface area is 199 Å². The standard InChI is InChI=1S/C26H26N2O5S/c1-18-9-15-23(16-10-18)34(31,32)28(19(2)20-7-5-4-6-8-20)24-17-25(29)27(26(24)30)21-11-13-22(33-3)14-12-21/h4-16,19,24H,17H2,1-3H3. The Morgan fingerprint density at radius 2 is 1.56 bits per heavy atom. The Morgan fingerprint density at radius 3 is 2.15 bits per heavy atom. The van der Waals surface area contributed by atoms with Crippen LogP contribution in [0.15, 0.2) is 83.8 Å². The van der Waals surface area contributed by atoms with Gasteiger partial charge in [-0.3, -0.25) is 9.59 Å². The van der Waals surface area contributed by atoms with Crippen molar-refractivity contribution in [1.29, 1.82) is 0 Å². The molecule has 0 N–H and O–H groups in total. The number of imide groups is 1. The van der Waals surface area contributed by atoms with Gasteiger partial charge in [-0.25, -0.2) is 13.3 Å². The van der Waals surface area contributed by atoms with Crippen LogP contribution < -0.4 is 9.64 Å². The molecule has 1 aliphatic heterocycles. The number of carbonyl (C=O) groups excluding carboxylic acids is 2. The highest BCUT2D eigenvalue weighted by atomic mass is 32.2. The van der Waals surface area contributed by atoms with E-state index in [1.165, 1.54) is 23.5 Å². The van der Waals surface area contributed by atoms with Crippen LogP contribution in [-0.2, 0) is 19.6 Å². The largest absolute Gasteiger partial charge is 0.497 e. The molecule has 34 heavy (non-hydrogen) atoms. The predicted octanol–water partition coefficient (Wildman–Crippen LogP) is 4.09. The fourth-order valence-corrected chi connectivity index (χ4v) is 5.93. The highest BCUT2D eigenvalue weighted by molar-refractivity contribution is 7.89. The molecule has 8 heteroatoms. The van der Waals surface area contributed by atoms with Crippen LogP contribution in [0.1, 0.15) is 30.5 Å². The lowest BCUT2D eigenvalue weighted by molar-refractivity contribution is -0.122. The van der Waals surface area contributed by atoms with Crippen molar-refractivity contribution < 1.29 is 22.7 Å². The number of methoxy groups -OCH3 is 1. The molecule has 176 valence electrons. The van der Waals surface area contributed by atoms with Gasteiger partial charge in [0.05, 0.1) is 24.1 Å². The van der Waals surface area contributed by atoms with E-state index in [4.69, 9.17) is 4.74 Å². The quantitative estimate of drug-likeness (QED) is 0.478. The number of anilines is 1. The summed E-state index contributed by atoms with van der Waals surface area (Å²) in [6.45, 7) is 3.60. The lowest BCUT2D eigenvalue weighted by Crippen LogP contribution is -2.46. The van der Waals surface area contributed by atoms with E-state index in [0.29, 0.717) is 11.4 Å². The molecule has 2 atom stereocenters. The molecule has 2 unspecified atom stereocenters. The molecule has 3 aromatic carbocycles. The molecule has 0 radical (unpaired) electrons. The van der Waals surface area contributed by atoms with E-state index in [-0.39, 0.29) is 11.3 Å². The lowest BCUT2D eigenvalue weighted by atomic mass is 10.1. The number of aryl methyl sites for hydroxylation is 1. The van der Waals surface area contributed by atoms with Crippen molar-refractivity contribution in [2.45, 2.75) is 37.2 Å². The summed E-state index contributed by atoms with van der Waals surface area (Å²) in [4.78, 5) is 27.7. The van der Waals surface area contributed by atoms with Gasteiger partial charge in [-0.1, -0.05) is 48.0 Å². The van der Waals surface area contributed by atoms with E-state index in [0.717, 1.165) is 16.0 Å². The van der Waals surface area contributed by atoms with Crippen molar-refractivity contribution in [3.63, 3.8) is 0 Å². The van der Waals surface area contributed by atoms with Crippen molar-refractivity contribution in [2.24, 2.45) is 0 Å². The zero-order valence-corrected chi connectivity index (χ0v) is 20.0. The summed E-state index contributed by atoms with van der Waals surface area (Å²) >= 11 is 0. The monoisotopic (exact) mass is 478 g/mol. The van der Waals surface area contributed by atoms with Crippen molar-refractivity contribution in [1.82, 2.24) is 4.31 Å². The first-order valence-electron chi connectivity index (χ1n) is 10.9. The Bertz CT molecular complexity index is 1290. The van der Waals surface area contributed by atoms with Crippen LogP contribution in [0.3, 0.4) is 0 Å². The summed E-state index contributed by atoms with van der Waals surface area (Å²) in [7, 11) is -2.58. The summed E-state index contributed by atoms with van der Waals surface area (Å²) in [5.74, 6) is -0.446. The number of ether oxygens (including phenoxy) is 1. The number of hydrogen-bond acceptors (Lipinski definition) is 5. The maximum absolute atomic E-state index is 13.9. The minimum Gasteiger partial charge on any atom is -0.497 e. The molecule has 0 saturated carbocycles. The Balaban J connectivity index is 1.77. The highest BCUT2D eigenvalue weighted by Crippen LogP contribution is 2.36. The van der Waals surface area contributed by atoms with E-state index >= 15 is 0 Å². The number of benzene rings is 3. The minimum atomic E-state index is -4.11. The third-order valence-electron chi connectivity index (χ3n) is 6.02. The van der Waals surface area contributed by atoms with Gasteiger partial charge in [-0.15, -0.1) is 0 Å². The van der Waals surface area contributed by atoms with Crippen LogP contribution in [0.2, 0.25) is 0 Å². The highest BCUT2D eigenvalue weighted by Gasteiger charge is 2.48. The molecule has 0 aliphatic carbocycles. The average molecular weight is 479 g/mol. The van der Waals surface area contributed by atoms with Crippen LogP contribution in [0, 0.1) is 6.92 Å². The molecule has 1 saturated heterocycles. The zero-order chi connectivity index (χ0) is 24.5. The molecule has 3 aromatic rings. The molecule has 1 aliphatic rings. The maximum atomic E-state index is 13.9. The Kier molecular flexibility index (Phi) is 6.54. The lowest BCUT2D eigenvalue weighted by Gasteiger charge is -2.32. The molecular formula is C26H26N2O5S. The minimum absolute atomic E-state index is 0.0732. The molecular weight excluding hydrogens is 452 g/mol. The first-order valence-corrected chi connectivity index (χ1v) is 12.3. The third kappa shape index (κ3) is 4.34. The molecule has 0 spiro atoms. The van der Waals surface area contributed by atoms with E-state index in [1.54, 1.807) is 43.3 Å². The van der Waals surface area contributed by atoms with E-state index < -0.39 is 33.9 Å². The molecule has 7 nitrogen and oxygen atoms in total. The summed E-state index contributed by atoms with van der Waals surface area (Å²) in [6.07, 6.45) is -0.243. The number of rotatable bonds is 7. The Hall–Kier alpha value is -3.49. The van der Waals surface area contributed by atoms with Gasteiger partial charge in [0, 0.05) is 6.04 Å². The van der Waals surface area contributed by atoms with Gasteiger partial charge in [0.15, 0.2) is 0 Å². The van der Waals surface area contributed by atoms with Crippen LogP contribution in [-0.4, -0.2) is 37.7 Å². The fourth-order valence-electron chi connectivity index (χ4n) is 4.17. The van der Waals surface area contributed by atoms with Gasteiger partial charge in [-0.2, -0.15) is 4.31 Å². The van der Waals surface area contributed by atoms with Crippen LogP contribution in [0.5, 0.6) is 5.75 Å². The van der Waals surface area contributed by atoms with Crippen molar-refractivity contribution in [2.75, 3.05) is 12.0 Å². The van der Waals surface area contributed by atoms with Gasteiger partial charge in [-0.05, 0) is 55.8 Å². The van der Waals surface area contributed by atoms with E-state index in [1.807, 2.05) is 37.3 Å². The van der Waals surface area contributed by atoms with E-state index in [2.05, 4.69) is 0 Å². The summed E-state index contributed by atoms with van der Waals surface area (Å²) in [5, 5.41) is 0. The van der Waals surface area contributed by atoms with Crippen molar-refractivity contribution in [3.05, 3.63) is 90.0 Å². The number of nitrogens with zero attached hydrogens (tertiary/aromatic N) is 2. The van der Waals surface area contributed by atoms with Crippen molar-refractivity contribution >= 4 is 27.5 Å². The van der Waals surface area contributed by atoms with Crippen LogP contribution in [0.4, 0.5) is 5.69 Å². The van der Waals surface area contributed by atoms with Crippen LogP contribution >= 0.6 is 0 Å². The second-order valence-corrected chi connectivity index (χ2v) is 10.1. The number of carbonyl (C=O) groups is 2. The van der Waals surface area contributed by atoms with Crippen molar-refractivity contribution in [3.8, 4) is 5.75 Å².